The third kappa shape index (κ3) is 2.34. The normalized spacial score (nSPS) is 23.7. The maximum atomic E-state index is 11.5. The van der Waals surface area contributed by atoms with Gasteiger partial charge in [-0.15, -0.1) is 0 Å². The zero-order valence-electron chi connectivity index (χ0n) is 11.3. The Morgan fingerprint density at radius 2 is 2.11 bits per heavy atom. The summed E-state index contributed by atoms with van der Waals surface area (Å²) in [6, 6.07) is 2.30. The second-order valence-corrected chi connectivity index (χ2v) is 5.51. The molecule has 0 aliphatic heterocycles. The fourth-order valence-electron chi connectivity index (χ4n) is 2.79. The van der Waals surface area contributed by atoms with Crippen molar-refractivity contribution < 1.29 is 0 Å². The molecule has 0 bridgehead atoms. The van der Waals surface area contributed by atoms with Gasteiger partial charge in [-0.25, -0.2) is 19.3 Å². The average molecular weight is 261 g/mol. The van der Waals surface area contributed by atoms with Crippen LogP contribution in [-0.4, -0.2) is 25.6 Å². The standard InChI is InChI=1S/C13H19N5O/c1-8-3-5-10(6-4-8)15-11-7-12-16-17-13(19)18(12)9(2)14-11/h7-8,10,15H,3-6H2,1-2H3,(H,17,19). The van der Waals surface area contributed by atoms with Crippen molar-refractivity contribution in [3.63, 3.8) is 0 Å². The molecule has 1 saturated carbocycles. The first-order valence-corrected chi connectivity index (χ1v) is 6.85. The molecule has 6 nitrogen and oxygen atoms in total. The number of fused-ring (bicyclic) bond motifs is 1. The Morgan fingerprint density at radius 1 is 1.37 bits per heavy atom. The highest BCUT2D eigenvalue weighted by atomic mass is 16.1. The van der Waals surface area contributed by atoms with Crippen molar-refractivity contribution >= 4 is 11.5 Å². The highest BCUT2D eigenvalue weighted by Crippen LogP contribution is 2.25. The van der Waals surface area contributed by atoms with Gasteiger partial charge in [0, 0.05) is 12.1 Å². The minimum absolute atomic E-state index is 0.238. The molecule has 0 unspecified atom stereocenters. The molecule has 2 aromatic heterocycles. The van der Waals surface area contributed by atoms with Crippen LogP contribution in [0.3, 0.4) is 0 Å². The van der Waals surface area contributed by atoms with Gasteiger partial charge in [-0.05, 0) is 38.5 Å². The summed E-state index contributed by atoms with van der Waals surface area (Å²) in [6.45, 7) is 4.12. The van der Waals surface area contributed by atoms with Gasteiger partial charge in [-0.1, -0.05) is 6.92 Å². The van der Waals surface area contributed by atoms with Crippen molar-refractivity contribution in [2.75, 3.05) is 5.32 Å². The predicted octanol–water partition coefficient (Wildman–Crippen LogP) is 1.72. The van der Waals surface area contributed by atoms with Gasteiger partial charge in [-0.2, -0.15) is 5.10 Å². The summed E-state index contributed by atoms with van der Waals surface area (Å²) in [6.07, 6.45) is 4.89. The molecular formula is C13H19N5O. The Kier molecular flexibility index (Phi) is 3.00. The summed E-state index contributed by atoms with van der Waals surface area (Å²) in [5, 5.41) is 9.90. The van der Waals surface area contributed by atoms with Crippen LogP contribution in [0.15, 0.2) is 10.9 Å². The van der Waals surface area contributed by atoms with E-state index in [0.717, 1.165) is 11.7 Å². The Hall–Kier alpha value is -1.85. The van der Waals surface area contributed by atoms with Crippen LogP contribution in [0.1, 0.15) is 38.4 Å². The molecule has 2 aromatic rings. The second kappa shape index (κ2) is 4.68. The van der Waals surface area contributed by atoms with Crippen molar-refractivity contribution in [1.29, 1.82) is 0 Å². The number of hydrogen-bond acceptors (Lipinski definition) is 4. The number of rotatable bonds is 2. The molecule has 102 valence electrons. The lowest BCUT2D eigenvalue weighted by atomic mass is 9.87. The predicted molar refractivity (Wildman–Crippen MR) is 73.4 cm³/mol. The Bertz CT molecular complexity index is 636. The maximum absolute atomic E-state index is 11.5. The number of hydrogen-bond donors (Lipinski definition) is 2. The molecule has 6 heteroatoms. The number of H-pyrrole nitrogens is 1. The molecule has 0 saturated heterocycles. The number of aromatic nitrogens is 4. The fraction of sp³-hybridized carbons (Fsp3) is 0.615. The van der Waals surface area contributed by atoms with Gasteiger partial charge in [0.05, 0.1) is 0 Å². The lowest BCUT2D eigenvalue weighted by molar-refractivity contribution is 0.361. The van der Waals surface area contributed by atoms with E-state index in [1.807, 2.05) is 13.0 Å². The third-order valence-electron chi connectivity index (χ3n) is 3.94. The van der Waals surface area contributed by atoms with Crippen LogP contribution in [0.2, 0.25) is 0 Å². The zero-order chi connectivity index (χ0) is 13.4. The molecule has 1 aliphatic carbocycles. The SMILES string of the molecule is Cc1nc(NC2CCC(C)CC2)cc2n[nH]c(=O)n12. The number of aryl methyl sites for hydroxylation is 1. The van der Waals surface area contributed by atoms with Gasteiger partial charge < -0.3 is 5.32 Å². The van der Waals surface area contributed by atoms with Crippen LogP contribution < -0.4 is 11.0 Å². The molecule has 2 heterocycles. The van der Waals surface area contributed by atoms with Crippen molar-refractivity contribution in [2.24, 2.45) is 5.92 Å². The summed E-state index contributed by atoms with van der Waals surface area (Å²) >= 11 is 0. The van der Waals surface area contributed by atoms with Crippen LogP contribution in [0.5, 0.6) is 0 Å². The molecule has 3 rings (SSSR count). The van der Waals surface area contributed by atoms with Crippen LogP contribution in [-0.2, 0) is 0 Å². The third-order valence-corrected chi connectivity index (χ3v) is 3.94. The van der Waals surface area contributed by atoms with Gasteiger partial charge in [0.25, 0.3) is 0 Å². The van der Waals surface area contributed by atoms with E-state index in [1.54, 1.807) is 0 Å². The van der Waals surface area contributed by atoms with Gasteiger partial charge in [0.15, 0.2) is 5.65 Å². The summed E-state index contributed by atoms with van der Waals surface area (Å²) in [5.41, 5.74) is 0.377. The number of aromatic amines is 1. The van der Waals surface area contributed by atoms with Crippen molar-refractivity contribution in [3.05, 3.63) is 22.4 Å². The molecule has 1 fully saturated rings. The lowest BCUT2D eigenvalue weighted by Crippen LogP contribution is -2.26. The van der Waals surface area contributed by atoms with Gasteiger partial charge in [-0.3, -0.25) is 0 Å². The molecule has 1 aliphatic rings. The summed E-state index contributed by atoms with van der Waals surface area (Å²) in [7, 11) is 0. The number of nitrogens with one attached hydrogen (secondary N) is 2. The van der Waals surface area contributed by atoms with E-state index in [2.05, 4.69) is 27.4 Å². The summed E-state index contributed by atoms with van der Waals surface area (Å²) in [4.78, 5) is 16.0. The Morgan fingerprint density at radius 3 is 2.84 bits per heavy atom. The first kappa shape index (κ1) is 12.2. The highest BCUT2D eigenvalue weighted by molar-refractivity contribution is 5.50. The quantitative estimate of drug-likeness (QED) is 0.863. The molecule has 0 radical (unpaired) electrons. The van der Waals surface area contributed by atoms with Crippen molar-refractivity contribution in [3.8, 4) is 0 Å². The van der Waals surface area contributed by atoms with E-state index in [1.165, 1.54) is 30.1 Å². The molecule has 0 aromatic carbocycles. The second-order valence-electron chi connectivity index (χ2n) is 5.51. The fourth-order valence-corrected chi connectivity index (χ4v) is 2.79. The van der Waals surface area contributed by atoms with Gasteiger partial charge in [0.2, 0.25) is 0 Å². The molecule has 19 heavy (non-hydrogen) atoms. The molecule has 0 atom stereocenters. The minimum Gasteiger partial charge on any atom is -0.367 e. The summed E-state index contributed by atoms with van der Waals surface area (Å²) in [5.74, 6) is 2.30. The topological polar surface area (TPSA) is 75.1 Å². The molecule has 0 amide bonds. The molecule has 2 N–H and O–H groups in total. The smallest absolute Gasteiger partial charge is 0.349 e. The minimum atomic E-state index is -0.238. The van der Waals surface area contributed by atoms with E-state index < -0.39 is 0 Å². The average Bonchev–Trinajstić information content (AvgIpc) is 2.74. The van der Waals surface area contributed by atoms with Crippen LogP contribution in [0.4, 0.5) is 5.82 Å². The van der Waals surface area contributed by atoms with E-state index in [-0.39, 0.29) is 5.69 Å². The first-order valence-electron chi connectivity index (χ1n) is 6.85. The zero-order valence-corrected chi connectivity index (χ0v) is 11.3. The van der Waals surface area contributed by atoms with Gasteiger partial charge >= 0.3 is 5.69 Å². The van der Waals surface area contributed by atoms with Crippen molar-refractivity contribution in [1.82, 2.24) is 19.6 Å². The Labute approximate surface area is 111 Å². The Balaban J connectivity index is 1.83. The van der Waals surface area contributed by atoms with Crippen LogP contribution in [0, 0.1) is 12.8 Å². The number of anilines is 1. The molecule has 0 spiro atoms. The lowest BCUT2D eigenvalue weighted by Gasteiger charge is -2.27. The first-order chi connectivity index (χ1) is 9.13. The van der Waals surface area contributed by atoms with E-state index >= 15 is 0 Å². The van der Waals surface area contributed by atoms with Crippen LogP contribution >= 0.6 is 0 Å². The van der Waals surface area contributed by atoms with E-state index in [4.69, 9.17) is 0 Å². The van der Waals surface area contributed by atoms with E-state index in [0.29, 0.717) is 17.5 Å². The molecular weight excluding hydrogens is 242 g/mol. The van der Waals surface area contributed by atoms with Crippen LogP contribution in [0.25, 0.3) is 5.65 Å². The maximum Gasteiger partial charge on any atom is 0.349 e. The number of nitrogens with zero attached hydrogens (tertiary/aromatic N) is 3. The van der Waals surface area contributed by atoms with E-state index in [9.17, 15) is 4.79 Å². The largest absolute Gasteiger partial charge is 0.367 e. The summed E-state index contributed by atoms with van der Waals surface area (Å²) < 4.78 is 1.48. The highest BCUT2D eigenvalue weighted by Gasteiger charge is 2.18. The van der Waals surface area contributed by atoms with Crippen molar-refractivity contribution in [2.45, 2.75) is 45.6 Å². The monoisotopic (exact) mass is 261 g/mol. The van der Waals surface area contributed by atoms with Gasteiger partial charge in [0.1, 0.15) is 11.6 Å².